The minimum atomic E-state index is -0.991. The second kappa shape index (κ2) is 6.17. The van der Waals surface area contributed by atoms with Crippen LogP contribution >= 0.6 is 0 Å². The normalized spacial score (nSPS) is 21.7. The van der Waals surface area contributed by atoms with E-state index in [1.807, 2.05) is 0 Å². The molecule has 0 saturated carbocycles. The lowest BCUT2D eigenvalue weighted by molar-refractivity contribution is -0.151. The van der Waals surface area contributed by atoms with E-state index in [2.05, 4.69) is 4.99 Å². The number of esters is 1. The lowest BCUT2D eigenvalue weighted by atomic mass is 9.84. The first-order chi connectivity index (χ1) is 9.20. The quantitative estimate of drug-likeness (QED) is 0.717. The van der Waals surface area contributed by atoms with E-state index in [4.69, 9.17) is 9.84 Å². The van der Waals surface area contributed by atoms with Crippen LogP contribution in [0.1, 0.15) is 40.0 Å². The third kappa shape index (κ3) is 4.16. The molecule has 0 spiro atoms. The first-order valence-corrected chi connectivity index (χ1v) is 6.52. The highest BCUT2D eigenvalue weighted by molar-refractivity contribution is 5.99. The molecule has 1 heterocycles. The lowest BCUT2D eigenvalue weighted by Gasteiger charge is -2.29. The number of aliphatic hydroxyl groups excluding tert-OH is 1. The van der Waals surface area contributed by atoms with Crippen LogP contribution in [0, 0.1) is 0 Å². The van der Waals surface area contributed by atoms with Crippen LogP contribution in [0.4, 0.5) is 0 Å². The monoisotopic (exact) mass is 283 g/mol. The molecule has 1 aliphatic heterocycles. The van der Waals surface area contributed by atoms with Crippen LogP contribution in [-0.2, 0) is 14.3 Å². The maximum Gasteiger partial charge on any atom is 0.337 e. The summed E-state index contributed by atoms with van der Waals surface area (Å²) in [5.74, 6) is -1.48. The van der Waals surface area contributed by atoms with Gasteiger partial charge in [0.05, 0.1) is 11.1 Å². The van der Waals surface area contributed by atoms with Crippen molar-refractivity contribution in [3.8, 4) is 0 Å². The van der Waals surface area contributed by atoms with Crippen LogP contribution in [0.25, 0.3) is 0 Å². The fraction of sp³-hybridized carbons (Fsp3) is 0.643. The minimum Gasteiger partial charge on any atom is -0.481 e. The topological polar surface area (TPSA) is 96.2 Å². The summed E-state index contributed by atoms with van der Waals surface area (Å²) in [7, 11) is 0. The Labute approximate surface area is 118 Å². The van der Waals surface area contributed by atoms with Gasteiger partial charge in [-0.1, -0.05) is 0 Å². The summed E-state index contributed by atoms with van der Waals surface area (Å²) in [5.41, 5.74) is -1.32. The average molecular weight is 283 g/mol. The first kappa shape index (κ1) is 16.4. The van der Waals surface area contributed by atoms with Crippen LogP contribution < -0.4 is 0 Å². The van der Waals surface area contributed by atoms with E-state index in [0.29, 0.717) is 5.57 Å². The molecule has 0 amide bonds. The van der Waals surface area contributed by atoms with E-state index in [9.17, 15) is 14.7 Å². The van der Waals surface area contributed by atoms with Gasteiger partial charge in [-0.05, 0) is 33.3 Å². The standard InChI is InChI=1S/C14H21NO5/c1-13(2,3)20-12(19)10-5-8-15-14(10,7-9-16)6-4-11(17)18/h5,8,16H,4,6-7,9H2,1-3H3,(H,17,18). The average Bonchev–Trinajstić information content (AvgIpc) is 2.69. The zero-order chi connectivity index (χ0) is 15.4. The summed E-state index contributed by atoms with van der Waals surface area (Å²) >= 11 is 0. The highest BCUT2D eigenvalue weighted by atomic mass is 16.6. The van der Waals surface area contributed by atoms with Crippen molar-refractivity contribution < 1.29 is 24.5 Å². The van der Waals surface area contributed by atoms with Crippen molar-refractivity contribution in [1.29, 1.82) is 0 Å². The summed E-state index contributed by atoms with van der Waals surface area (Å²) in [5, 5.41) is 18.0. The predicted octanol–water partition coefficient (Wildman–Crippen LogP) is 1.32. The van der Waals surface area contributed by atoms with Crippen molar-refractivity contribution in [1.82, 2.24) is 0 Å². The second-order valence-corrected chi connectivity index (χ2v) is 5.76. The highest BCUT2D eigenvalue weighted by Gasteiger charge is 2.41. The van der Waals surface area contributed by atoms with E-state index in [0.717, 1.165) is 0 Å². The lowest BCUT2D eigenvalue weighted by Crippen LogP contribution is -2.36. The van der Waals surface area contributed by atoms with Gasteiger partial charge in [0, 0.05) is 25.7 Å². The molecule has 0 saturated heterocycles. The molecule has 2 N–H and O–H groups in total. The van der Waals surface area contributed by atoms with Gasteiger partial charge in [0.1, 0.15) is 5.60 Å². The molecule has 1 rings (SSSR count). The van der Waals surface area contributed by atoms with Crippen LogP contribution in [-0.4, -0.2) is 46.1 Å². The van der Waals surface area contributed by atoms with Gasteiger partial charge in [0.15, 0.2) is 0 Å². The summed E-state index contributed by atoms with van der Waals surface area (Å²) in [6.45, 7) is 5.09. The molecular formula is C14H21NO5. The molecule has 1 atom stereocenters. The van der Waals surface area contributed by atoms with Crippen molar-refractivity contribution in [2.75, 3.05) is 6.61 Å². The van der Waals surface area contributed by atoms with Gasteiger partial charge in [-0.25, -0.2) is 4.79 Å². The van der Waals surface area contributed by atoms with Gasteiger partial charge in [0.25, 0.3) is 0 Å². The molecule has 20 heavy (non-hydrogen) atoms. The molecular weight excluding hydrogens is 262 g/mol. The number of allylic oxidation sites excluding steroid dienone is 1. The zero-order valence-corrected chi connectivity index (χ0v) is 12.0. The van der Waals surface area contributed by atoms with Gasteiger partial charge in [0.2, 0.25) is 0 Å². The summed E-state index contributed by atoms with van der Waals surface area (Å²) in [4.78, 5) is 27.2. The zero-order valence-electron chi connectivity index (χ0n) is 12.0. The number of hydrogen-bond acceptors (Lipinski definition) is 5. The van der Waals surface area contributed by atoms with Gasteiger partial charge >= 0.3 is 11.9 Å². The highest BCUT2D eigenvalue weighted by Crippen LogP contribution is 2.35. The van der Waals surface area contributed by atoms with E-state index in [1.54, 1.807) is 20.8 Å². The van der Waals surface area contributed by atoms with Crippen molar-refractivity contribution in [2.45, 2.75) is 51.2 Å². The van der Waals surface area contributed by atoms with E-state index in [1.165, 1.54) is 12.3 Å². The number of carboxylic acids is 1. The number of carbonyl (C=O) groups is 2. The molecule has 1 aliphatic rings. The Kier molecular flexibility index (Phi) is 5.05. The Morgan fingerprint density at radius 3 is 2.50 bits per heavy atom. The number of rotatable bonds is 6. The Hall–Kier alpha value is -1.69. The van der Waals surface area contributed by atoms with Crippen molar-refractivity contribution >= 4 is 18.2 Å². The molecule has 0 fully saturated rings. The molecule has 0 aromatic carbocycles. The van der Waals surface area contributed by atoms with Crippen molar-refractivity contribution in [3.63, 3.8) is 0 Å². The third-order valence-corrected chi connectivity index (χ3v) is 2.96. The van der Waals surface area contributed by atoms with Gasteiger partial charge in [-0.15, -0.1) is 0 Å². The SMILES string of the molecule is CC(C)(C)OC(=O)C1=CC=NC1(CCO)CCC(=O)O. The number of nitrogens with zero attached hydrogens (tertiary/aromatic N) is 1. The molecule has 0 bridgehead atoms. The summed E-state index contributed by atoms with van der Waals surface area (Å²) < 4.78 is 5.31. The maximum absolute atomic E-state index is 12.2. The molecule has 0 aromatic heterocycles. The number of carbonyl (C=O) groups excluding carboxylic acids is 1. The second-order valence-electron chi connectivity index (χ2n) is 5.76. The molecule has 112 valence electrons. The number of aliphatic carboxylic acids is 1. The Bertz CT molecular complexity index is 447. The molecule has 6 nitrogen and oxygen atoms in total. The fourth-order valence-electron chi connectivity index (χ4n) is 2.09. The van der Waals surface area contributed by atoms with Crippen LogP contribution in [0.15, 0.2) is 16.6 Å². The van der Waals surface area contributed by atoms with E-state index >= 15 is 0 Å². The molecule has 6 heteroatoms. The number of aliphatic imine (C=N–C) groups is 1. The number of hydrogen-bond donors (Lipinski definition) is 2. The van der Waals surface area contributed by atoms with Gasteiger partial charge in [-0.2, -0.15) is 0 Å². The van der Waals surface area contributed by atoms with Crippen LogP contribution in [0.2, 0.25) is 0 Å². The fourth-order valence-corrected chi connectivity index (χ4v) is 2.09. The van der Waals surface area contributed by atoms with Gasteiger partial charge in [-0.3, -0.25) is 9.79 Å². The Balaban J connectivity index is 2.93. The Morgan fingerprint density at radius 2 is 2.00 bits per heavy atom. The van der Waals surface area contributed by atoms with E-state index < -0.39 is 23.1 Å². The van der Waals surface area contributed by atoms with Crippen LogP contribution in [0.3, 0.4) is 0 Å². The van der Waals surface area contributed by atoms with Crippen molar-refractivity contribution in [3.05, 3.63) is 11.6 Å². The Morgan fingerprint density at radius 1 is 1.35 bits per heavy atom. The smallest absolute Gasteiger partial charge is 0.337 e. The number of aliphatic hydroxyl groups is 1. The first-order valence-electron chi connectivity index (χ1n) is 6.52. The van der Waals surface area contributed by atoms with E-state index in [-0.39, 0.29) is 25.9 Å². The molecule has 0 radical (unpaired) electrons. The minimum absolute atomic E-state index is 0.128. The predicted molar refractivity (Wildman–Crippen MR) is 73.7 cm³/mol. The maximum atomic E-state index is 12.2. The number of carboxylic acid groups (broad SMARTS) is 1. The molecule has 0 aromatic rings. The third-order valence-electron chi connectivity index (χ3n) is 2.96. The summed E-state index contributed by atoms with van der Waals surface area (Å²) in [6.07, 6.45) is 3.23. The summed E-state index contributed by atoms with van der Waals surface area (Å²) in [6, 6.07) is 0. The number of ether oxygens (including phenoxy) is 1. The van der Waals surface area contributed by atoms with Crippen molar-refractivity contribution in [2.24, 2.45) is 4.99 Å². The van der Waals surface area contributed by atoms with Crippen LogP contribution in [0.5, 0.6) is 0 Å². The molecule has 0 aliphatic carbocycles. The molecule has 1 unspecified atom stereocenters. The van der Waals surface area contributed by atoms with Gasteiger partial charge < -0.3 is 14.9 Å². The largest absolute Gasteiger partial charge is 0.481 e.